The smallest absolute Gasteiger partial charge is 0.285 e. The van der Waals surface area contributed by atoms with Crippen LogP contribution in [0.15, 0.2) is 65.2 Å². The van der Waals surface area contributed by atoms with E-state index in [2.05, 4.69) is 21.4 Å². The summed E-state index contributed by atoms with van der Waals surface area (Å²) in [5.41, 5.74) is 3.68. The SMILES string of the molecule is CO[C@H]1/C=C/[C@H](O)[C@H](C)C[S@@](=O)(CC(=O)c2cc(C=O)n(C)c2)=NC(=O)c2ccc3c(c2)N(C[C@@H]2CC[C@H]21)C[C@@]1(CCCc2cc(Cl)ccc21)CO3. The van der Waals surface area contributed by atoms with E-state index in [0.717, 1.165) is 37.8 Å². The largest absolute Gasteiger partial charge is 0.490 e. The Morgan fingerprint density at radius 3 is 2.75 bits per heavy atom. The molecule has 0 saturated heterocycles. The lowest BCUT2D eigenvalue weighted by atomic mass is 9.68. The summed E-state index contributed by atoms with van der Waals surface area (Å²) in [6.45, 7) is 3.57. The van der Waals surface area contributed by atoms with Gasteiger partial charge in [-0.25, -0.2) is 4.21 Å². The van der Waals surface area contributed by atoms with Gasteiger partial charge >= 0.3 is 0 Å². The van der Waals surface area contributed by atoms with Crippen LogP contribution in [0.3, 0.4) is 0 Å². The summed E-state index contributed by atoms with van der Waals surface area (Å²) in [5.74, 6) is -1.38. The average molecular weight is 748 g/mol. The van der Waals surface area contributed by atoms with Gasteiger partial charge in [0.2, 0.25) is 0 Å². The highest BCUT2D eigenvalue weighted by Gasteiger charge is 2.44. The number of ether oxygens (including phenoxy) is 2. The number of aryl methyl sites for hydroxylation is 2. The standard InChI is InChI=1S/C40H46ClN3O7S/c1-25-21-52(49,22-36(47)29-16-31(20-45)43(2)18-29)42-39(48)27-7-12-38-34(17-27)44(19-28-6-9-32(28)37(50-3)13-11-35(25)46)23-40(24-51-38)14-4-5-26-15-30(41)8-10-33(26)40/h7-8,10-13,15-18,20,25,28,32,35,37,46H,4-6,9,14,19,21-24H2,1-3H3/b13-11+/t25-,28+,32-,35+,37+,40+,52-/m1/s1. The van der Waals surface area contributed by atoms with Crippen molar-refractivity contribution in [3.8, 4) is 5.75 Å². The Kier molecular flexibility index (Phi) is 10.3. The molecule has 276 valence electrons. The predicted molar refractivity (Wildman–Crippen MR) is 201 cm³/mol. The van der Waals surface area contributed by atoms with Gasteiger partial charge in [0.25, 0.3) is 5.91 Å². The van der Waals surface area contributed by atoms with Gasteiger partial charge in [-0.15, -0.1) is 0 Å². The fourth-order valence-electron chi connectivity index (χ4n) is 8.57. The van der Waals surface area contributed by atoms with Crippen LogP contribution in [0.5, 0.6) is 5.75 Å². The van der Waals surface area contributed by atoms with E-state index in [-0.39, 0.29) is 34.3 Å². The number of aldehydes is 1. The molecule has 7 atom stereocenters. The fourth-order valence-corrected chi connectivity index (χ4v) is 11.0. The highest BCUT2D eigenvalue weighted by Crippen LogP contribution is 2.47. The van der Waals surface area contributed by atoms with Crippen LogP contribution in [0.25, 0.3) is 0 Å². The number of rotatable bonds is 5. The first kappa shape index (κ1) is 36.6. The van der Waals surface area contributed by atoms with Crippen molar-refractivity contribution in [2.24, 2.45) is 29.2 Å². The molecule has 52 heavy (non-hydrogen) atoms. The number of fused-ring (bicyclic) bond motifs is 4. The number of benzene rings is 2. The Bertz CT molecular complexity index is 2050. The molecule has 1 fully saturated rings. The molecule has 12 heteroatoms. The van der Waals surface area contributed by atoms with Crippen LogP contribution in [-0.4, -0.2) is 82.4 Å². The summed E-state index contributed by atoms with van der Waals surface area (Å²) in [7, 11) is -0.215. The highest BCUT2D eigenvalue weighted by atomic mass is 35.5. The van der Waals surface area contributed by atoms with Crippen LogP contribution in [0.1, 0.15) is 74.9 Å². The van der Waals surface area contributed by atoms with Gasteiger partial charge in [0.05, 0.1) is 45.7 Å². The number of anilines is 1. The van der Waals surface area contributed by atoms with Crippen molar-refractivity contribution in [1.82, 2.24) is 4.57 Å². The molecular formula is C40H46ClN3O7S. The van der Waals surface area contributed by atoms with Crippen LogP contribution in [0.4, 0.5) is 5.69 Å². The fraction of sp³-hybridized carbons (Fsp3) is 0.475. The molecule has 3 aromatic rings. The molecule has 3 heterocycles. The first-order valence-corrected chi connectivity index (χ1v) is 20.3. The number of Topliss-reactive ketones (excluding diaryl/α,β-unsaturated/α-hetero) is 1. The van der Waals surface area contributed by atoms with Crippen LogP contribution in [0, 0.1) is 17.8 Å². The van der Waals surface area contributed by atoms with Crippen molar-refractivity contribution in [3.63, 3.8) is 0 Å². The summed E-state index contributed by atoms with van der Waals surface area (Å²) >= 11 is 6.45. The van der Waals surface area contributed by atoms with Crippen molar-refractivity contribution >= 4 is 45.0 Å². The van der Waals surface area contributed by atoms with E-state index in [1.807, 2.05) is 12.1 Å². The summed E-state index contributed by atoms with van der Waals surface area (Å²) in [6, 6.07) is 12.8. The van der Waals surface area contributed by atoms with Gasteiger partial charge in [0.1, 0.15) is 5.75 Å². The van der Waals surface area contributed by atoms with E-state index < -0.39 is 39.2 Å². The molecule has 1 amide bonds. The number of hydrogen-bond donors (Lipinski definition) is 1. The van der Waals surface area contributed by atoms with Crippen molar-refractivity contribution < 1.29 is 33.2 Å². The number of amides is 1. The van der Waals surface area contributed by atoms with Crippen LogP contribution >= 0.6 is 11.6 Å². The second-order valence-electron chi connectivity index (χ2n) is 15.1. The monoisotopic (exact) mass is 747 g/mol. The molecule has 0 radical (unpaired) electrons. The number of methoxy groups -OCH3 is 1. The van der Waals surface area contributed by atoms with Gasteiger partial charge in [-0.2, -0.15) is 4.36 Å². The minimum Gasteiger partial charge on any atom is -0.490 e. The van der Waals surface area contributed by atoms with E-state index in [1.165, 1.54) is 28.0 Å². The minimum atomic E-state index is -3.54. The van der Waals surface area contributed by atoms with Crippen molar-refractivity contribution in [2.75, 3.05) is 43.2 Å². The minimum absolute atomic E-state index is 0.195. The zero-order chi connectivity index (χ0) is 36.8. The molecule has 0 unspecified atom stereocenters. The summed E-state index contributed by atoms with van der Waals surface area (Å²) in [4.78, 5) is 41.3. The summed E-state index contributed by atoms with van der Waals surface area (Å²) in [5, 5.41) is 12.0. The molecule has 1 spiro atoms. The molecule has 1 N–H and O–H groups in total. The van der Waals surface area contributed by atoms with E-state index in [1.54, 1.807) is 45.4 Å². The number of carbonyl (C=O) groups is 3. The number of halogens is 1. The van der Waals surface area contributed by atoms with Crippen LogP contribution < -0.4 is 9.64 Å². The van der Waals surface area contributed by atoms with Gasteiger partial charge < -0.3 is 24.0 Å². The first-order chi connectivity index (χ1) is 24.9. The lowest BCUT2D eigenvalue weighted by Crippen LogP contribution is -2.49. The number of aliphatic hydroxyl groups is 1. The zero-order valence-electron chi connectivity index (χ0n) is 29.8. The second kappa shape index (κ2) is 14.6. The van der Waals surface area contributed by atoms with Gasteiger partial charge in [0, 0.05) is 60.8 Å². The Labute approximate surface area is 310 Å². The van der Waals surface area contributed by atoms with E-state index in [9.17, 15) is 23.7 Å². The highest BCUT2D eigenvalue weighted by molar-refractivity contribution is 7.94. The third-order valence-corrected chi connectivity index (χ3v) is 14.1. The quantitative estimate of drug-likeness (QED) is 0.190. The maximum absolute atomic E-state index is 14.7. The molecule has 10 nitrogen and oxygen atoms in total. The number of carbonyl (C=O) groups excluding carboxylic acids is 3. The van der Waals surface area contributed by atoms with Crippen LogP contribution in [0.2, 0.25) is 5.02 Å². The Morgan fingerprint density at radius 1 is 1.19 bits per heavy atom. The summed E-state index contributed by atoms with van der Waals surface area (Å²) < 4.78 is 33.1. The van der Waals surface area contributed by atoms with Crippen molar-refractivity contribution in [1.29, 1.82) is 0 Å². The predicted octanol–water partition coefficient (Wildman–Crippen LogP) is 6.06. The number of ketones is 1. The topological polar surface area (TPSA) is 128 Å². The molecule has 2 aliphatic carbocycles. The van der Waals surface area contributed by atoms with Crippen LogP contribution in [-0.2, 0) is 33.3 Å². The molecule has 2 aliphatic heterocycles. The number of hydrogen-bond acceptors (Lipinski definition) is 8. The number of nitrogens with zero attached hydrogens (tertiary/aromatic N) is 3. The lowest BCUT2D eigenvalue weighted by molar-refractivity contribution is 0.0124. The average Bonchev–Trinajstić information content (AvgIpc) is 3.42. The molecule has 1 aromatic heterocycles. The van der Waals surface area contributed by atoms with Gasteiger partial charge in [-0.1, -0.05) is 36.7 Å². The van der Waals surface area contributed by atoms with Crippen molar-refractivity contribution in [3.05, 3.63) is 93.8 Å². The van der Waals surface area contributed by atoms with Gasteiger partial charge in [-0.3, -0.25) is 14.4 Å². The first-order valence-electron chi connectivity index (χ1n) is 18.0. The molecule has 1 saturated carbocycles. The lowest BCUT2D eigenvalue weighted by Gasteiger charge is -2.46. The Morgan fingerprint density at radius 2 is 2.02 bits per heavy atom. The third kappa shape index (κ3) is 7.12. The van der Waals surface area contributed by atoms with Crippen molar-refractivity contribution in [2.45, 2.75) is 56.7 Å². The Balaban J connectivity index is 1.31. The van der Waals surface area contributed by atoms with Gasteiger partial charge in [0.15, 0.2) is 12.1 Å². The Hall–Kier alpha value is -3.77. The maximum atomic E-state index is 14.7. The third-order valence-electron chi connectivity index (χ3n) is 11.6. The van der Waals surface area contributed by atoms with E-state index >= 15 is 0 Å². The number of aliphatic hydroxyl groups excluding tert-OH is 1. The maximum Gasteiger partial charge on any atom is 0.285 e. The second-order valence-corrected chi connectivity index (χ2v) is 17.9. The van der Waals surface area contributed by atoms with Gasteiger partial charge in [-0.05, 0) is 97.4 Å². The molecule has 4 aliphatic rings. The number of aromatic nitrogens is 1. The summed E-state index contributed by atoms with van der Waals surface area (Å²) in [6.07, 6.45) is 9.33. The zero-order valence-corrected chi connectivity index (χ0v) is 31.4. The molecule has 2 bridgehead atoms. The van der Waals surface area contributed by atoms with E-state index in [4.69, 9.17) is 21.1 Å². The molecule has 7 rings (SSSR count). The van der Waals surface area contributed by atoms with E-state index in [0.29, 0.717) is 48.4 Å². The molecular weight excluding hydrogens is 702 g/mol. The molecule has 2 aromatic carbocycles. The normalized spacial score (nSPS) is 30.9.